The summed E-state index contributed by atoms with van der Waals surface area (Å²) in [5.74, 6) is -4.25. The molecule has 1 atom stereocenters. The first kappa shape index (κ1) is 22.1. The summed E-state index contributed by atoms with van der Waals surface area (Å²) in [6.07, 6.45) is 1.23. The SMILES string of the molecule is O=c1ccn(C[C@@H]2C(F)(F)C2(COCc2ccccc2)COCc2ccccc2)c(=O)[nH]1. The van der Waals surface area contributed by atoms with E-state index >= 15 is 8.78 Å². The molecule has 8 heteroatoms. The molecule has 1 aromatic heterocycles. The first-order valence-corrected chi connectivity index (χ1v) is 10.3. The molecule has 4 rings (SSSR count). The Morgan fingerprint density at radius 2 is 1.38 bits per heavy atom. The van der Waals surface area contributed by atoms with Gasteiger partial charge in [-0.15, -0.1) is 0 Å². The van der Waals surface area contributed by atoms with Crippen molar-refractivity contribution in [1.29, 1.82) is 0 Å². The van der Waals surface area contributed by atoms with Crippen LogP contribution in [0.15, 0.2) is 82.5 Å². The third kappa shape index (κ3) is 4.56. The number of rotatable bonds is 10. The van der Waals surface area contributed by atoms with E-state index in [4.69, 9.17) is 9.47 Å². The maximum Gasteiger partial charge on any atom is 0.328 e. The number of aromatic nitrogens is 2. The molecule has 0 spiro atoms. The number of hydrogen-bond donors (Lipinski definition) is 1. The standard InChI is InChI=1S/C24H24F2N2O4/c25-24(26)20(13-28-12-11-21(29)27-22(28)30)23(24,16-31-14-18-7-3-1-4-8-18)17-32-15-19-9-5-2-6-10-19/h1-12,20H,13-17H2,(H,27,29,30)/t20-/m0/s1. The minimum Gasteiger partial charge on any atom is -0.376 e. The highest BCUT2D eigenvalue weighted by atomic mass is 19.3. The van der Waals surface area contributed by atoms with Gasteiger partial charge in [0.2, 0.25) is 0 Å². The van der Waals surface area contributed by atoms with Crippen LogP contribution in [0.3, 0.4) is 0 Å². The topological polar surface area (TPSA) is 73.3 Å². The Kier molecular flexibility index (Phi) is 6.34. The third-order valence-corrected chi connectivity index (χ3v) is 5.90. The van der Waals surface area contributed by atoms with E-state index in [0.717, 1.165) is 21.8 Å². The van der Waals surface area contributed by atoms with Gasteiger partial charge in [-0.1, -0.05) is 60.7 Å². The first-order valence-electron chi connectivity index (χ1n) is 10.3. The molecule has 1 aliphatic carbocycles. The Morgan fingerprint density at radius 1 is 0.844 bits per heavy atom. The van der Waals surface area contributed by atoms with Crippen LogP contribution < -0.4 is 11.2 Å². The lowest BCUT2D eigenvalue weighted by atomic mass is 10.1. The average molecular weight is 442 g/mol. The second-order valence-corrected chi connectivity index (χ2v) is 8.05. The highest BCUT2D eigenvalue weighted by Gasteiger charge is 2.80. The van der Waals surface area contributed by atoms with E-state index in [1.54, 1.807) is 0 Å². The van der Waals surface area contributed by atoms with Crippen molar-refractivity contribution in [2.75, 3.05) is 13.2 Å². The van der Waals surface area contributed by atoms with E-state index in [1.165, 1.54) is 6.20 Å². The molecule has 1 aliphatic rings. The fraction of sp³-hybridized carbons (Fsp3) is 0.333. The van der Waals surface area contributed by atoms with Gasteiger partial charge in [-0.25, -0.2) is 13.6 Å². The number of alkyl halides is 2. The molecule has 0 radical (unpaired) electrons. The second-order valence-electron chi connectivity index (χ2n) is 8.05. The van der Waals surface area contributed by atoms with Crippen LogP contribution in [0.1, 0.15) is 11.1 Å². The predicted octanol–water partition coefficient (Wildman–Crippen LogP) is 3.22. The molecular weight excluding hydrogens is 418 g/mol. The van der Waals surface area contributed by atoms with Crippen molar-refractivity contribution in [3.05, 3.63) is 105 Å². The smallest absolute Gasteiger partial charge is 0.328 e. The molecule has 3 aromatic rings. The van der Waals surface area contributed by atoms with E-state index in [2.05, 4.69) is 4.98 Å². The molecule has 6 nitrogen and oxygen atoms in total. The van der Waals surface area contributed by atoms with Gasteiger partial charge in [-0.3, -0.25) is 9.78 Å². The Labute approximate surface area is 183 Å². The van der Waals surface area contributed by atoms with E-state index in [9.17, 15) is 9.59 Å². The number of benzene rings is 2. The average Bonchev–Trinajstić information content (AvgIpc) is 3.24. The van der Waals surface area contributed by atoms with Gasteiger partial charge in [0.05, 0.1) is 37.8 Å². The number of H-pyrrole nitrogens is 1. The van der Waals surface area contributed by atoms with Gasteiger partial charge < -0.3 is 14.0 Å². The Morgan fingerprint density at radius 3 is 1.88 bits per heavy atom. The van der Waals surface area contributed by atoms with Gasteiger partial charge in [0.15, 0.2) is 0 Å². The largest absolute Gasteiger partial charge is 0.376 e. The van der Waals surface area contributed by atoms with E-state index in [-0.39, 0.29) is 33.0 Å². The van der Waals surface area contributed by atoms with E-state index in [0.29, 0.717) is 0 Å². The molecule has 0 bridgehead atoms. The van der Waals surface area contributed by atoms with Gasteiger partial charge in [0.1, 0.15) is 0 Å². The summed E-state index contributed by atoms with van der Waals surface area (Å²) in [6.45, 7) is -0.281. The summed E-state index contributed by atoms with van der Waals surface area (Å²) in [7, 11) is 0. The fourth-order valence-corrected chi connectivity index (χ4v) is 3.95. The Bertz CT molecular complexity index is 1100. The molecule has 0 unspecified atom stereocenters. The maximum atomic E-state index is 15.1. The van der Waals surface area contributed by atoms with Crippen molar-refractivity contribution in [1.82, 2.24) is 9.55 Å². The molecule has 1 N–H and O–H groups in total. The molecule has 1 saturated carbocycles. The predicted molar refractivity (Wildman–Crippen MR) is 114 cm³/mol. The van der Waals surface area contributed by atoms with Crippen molar-refractivity contribution >= 4 is 0 Å². The highest BCUT2D eigenvalue weighted by Crippen LogP contribution is 2.66. The Balaban J connectivity index is 1.49. The zero-order chi connectivity index (χ0) is 22.6. The number of nitrogens with one attached hydrogen (secondary N) is 1. The lowest BCUT2D eigenvalue weighted by molar-refractivity contribution is -0.0431. The molecule has 1 fully saturated rings. The van der Waals surface area contributed by atoms with Crippen molar-refractivity contribution < 1.29 is 18.3 Å². The van der Waals surface area contributed by atoms with Crippen LogP contribution in [-0.2, 0) is 29.2 Å². The summed E-state index contributed by atoms with van der Waals surface area (Å²) < 4.78 is 42.7. The van der Waals surface area contributed by atoms with Gasteiger partial charge in [0, 0.05) is 18.8 Å². The lowest BCUT2D eigenvalue weighted by Gasteiger charge is -2.18. The van der Waals surface area contributed by atoms with Crippen LogP contribution in [0, 0.1) is 11.3 Å². The summed E-state index contributed by atoms with van der Waals surface area (Å²) >= 11 is 0. The minimum absolute atomic E-state index is 0.197. The minimum atomic E-state index is -3.09. The summed E-state index contributed by atoms with van der Waals surface area (Å²) in [5.41, 5.74) is -1.09. The number of nitrogens with zero attached hydrogens (tertiary/aromatic N) is 1. The summed E-state index contributed by atoms with van der Waals surface area (Å²) in [4.78, 5) is 25.4. The second kappa shape index (κ2) is 9.18. The molecule has 2 aromatic carbocycles. The molecular formula is C24H24F2N2O4. The number of halogens is 2. The van der Waals surface area contributed by atoms with Gasteiger partial charge in [-0.2, -0.15) is 0 Å². The molecule has 0 aliphatic heterocycles. The van der Waals surface area contributed by atoms with Crippen molar-refractivity contribution in [3.8, 4) is 0 Å². The van der Waals surface area contributed by atoms with Crippen LogP contribution in [0.5, 0.6) is 0 Å². The van der Waals surface area contributed by atoms with Crippen LogP contribution >= 0.6 is 0 Å². The zero-order valence-corrected chi connectivity index (χ0v) is 17.4. The molecule has 1 heterocycles. The first-order chi connectivity index (χ1) is 15.4. The molecule has 0 amide bonds. The molecule has 0 saturated heterocycles. The number of hydrogen-bond acceptors (Lipinski definition) is 4. The maximum absolute atomic E-state index is 15.1. The van der Waals surface area contributed by atoms with Gasteiger partial charge in [0.25, 0.3) is 11.5 Å². The van der Waals surface area contributed by atoms with Crippen LogP contribution in [0.25, 0.3) is 0 Å². The monoisotopic (exact) mass is 442 g/mol. The molecule has 168 valence electrons. The third-order valence-electron chi connectivity index (χ3n) is 5.90. The van der Waals surface area contributed by atoms with Gasteiger partial charge >= 0.3 is 5.69 Å². The normalized spacial score (nSPS) is 18.4. The fourth-order valence-electron chi connectivity index (χ4n) is 3.95. The zero-order valence-electron chi connectivity index (χ0n) is 17.4. The number of aromatic amines is 1. The summed E-state index contributed by atoms with van der Waals surface area (Å²) in [5, 5.41) is 0. The Hall–Kier alpha value is -3.10. The van der Waals surface area contributed by atoms with Gasteiger partial charge in [-0.05, 0) is 11.1 Å². The van der Waals surface area contributed by atoms with Crippen molar-refractivity contribution in [2.24, 2.45) is 11.3 Å². The van der Waals surface area contributed by atoms with Crippen LogP contribution in [0.4, 0.5) is 8.78 Å². The number of ether oxygens (including phenoxy) is 2. The van der Waals surface area contributed by atoms with Crippen LogP contribution in [0.2, 0.25) is 0 Å². The quantitative estimate of drug-likeness (QED) is 0.523. The van der Waals surface area contributed by atoms with Crippen LogP contribution in [-0.4, -0.2) is 28.7 Å². The van der Waals surface area contributed by atoms with E-state index < -0.39 is 28.5 Å². The van der Waals surface area contributed by atoms with Crippen molar-refractivity contribution in [2.45, 2.75) is 25.7 Å². The highest BCUT2D eigenvalue weighted by molar-refractivity contribution is 5.19. The molecule has 32 heavy (non-hydrogen) atoms. The lowest BCUT2D eigenvalue weighted by Crippen LogP contribution is -2.30. The van der Waals surface area contributed by atoms with Crippen molar-refractivity contribution in [3.63, 3.8) is 0 Å². The van der Waals surface area contributed by atoms with E-state index in [1.807, 2.05) is 60.7 Å². The summed E-state index contributed by atoms with van der Waals surface area (Å²) in [6, 6.07) is 19.8.